The molecule has 0 bridgehead atoms. The quantitative estimate of drug-likeness (QED) is 0.316. The van der Waals surface area contributed by atoms with Crippen molar-refractivity contribution in [1.29, 1.82) is 0 Å². The van der Waals surface area contributed by atoms with Gasteiger partial charge in [0, 0.05) is 55.6 Å². The second kappa shape index (κ2) is 12.9. The Bertz CT molecular complexity index is 1350. The highest BCUT2D eigenvalue weighted by Crippen LogP contribution is 2.36. The average Bonchev–Trinajstić information content (AvgIpc) is 2.93. The maximum Gasteiger partial charge on any atom is 0.257 e. The number of nitrogens with one attached hydrogen (secondary N) is 1. The van der Waals surface area contributed by atoms with Gasteiger partial charge in [-0.15, -0.1) is 0 Å². The fraction of sp³-hybridized carbons (Fsp3) is 0.200. The minimum absolute atomic E-state index is 0.0000550. The highest BCUT2D eigenvalue weighted by molar-refractivity contribution is 5.83. The zero-order valence-corrected chi connectivity index (χ0v) is 20.2. The van der Waals surface area contributed by atoms with E-state index in [0.29, 0.717) is 28.9 Å². The summed E-state index contributed by atoms with van der Waals surface area (Å²) in [7, 11) is 4.50. The average molecular weight is 514 g/mol. The maximum atomic E-state index is 14.2. The first-order chi connectivity index (χ1) is 17.9. The molecule has 0 aliphatic carbocycles. The number of hydrogen-bond acceptors (Lipinski definition) is 10. The van der Waals surface area contributed by atoms with Gasteiger partial charge in [0.05, 0.1) is 31.9 Å². The second-order valence-corrected chi connectivity index (χ2v) is 7.10. The van der Waals surface area contributed by atoms with Crippen molar-refractivity contribution in [2.75, 3.05) is 39.8 Å². The van der Waals surface area contributed by atoms with Gasteiger partial charge in [-0.1, -0.05) is 0 Å². The van der Waals surface area contributed by atoms with E-state index in [1.54, 1.807) is 25.4 Å². The van der Waals surface area contributed by atoms with Crippen molar-refractivity contribution in [1.82, 2.24) is 15.0 Å². The molecule has 0 aliphatic heterocycles. The molecule has 0 saturated heterocycles. The predicted molar refractivity (Wildman–Crippen MR) is 131 cm³/mol. The normalized spacial score (nSPS) is 10.2. The van der Waals surface area contributed by atoms with E-state index in [-0.39, 0.29) is 36.0 Å². The number of rotatable bonds is 9. The van der Waals surface area contributed by atoms with Crippen LogP contribution in [0.5, 0.6) is 28.9 Å². The van der Waals surface area contributed by atoms with E-state index >= 15 is 0 Å². The zero-order valence-electron chi connectivity index (χ0n) is 20.2. The van der Waals surface area contributed by atoms with Gasteiger partial charge in [-0.2, -0.15) is 0 Å². The lowest BCUT2D eigenvalue weighted by atomic mass is 10.2. The number of carbonyl (C=O) groups excluding carboxylic acids is 1. The minimum atomic E-state index is -0.866. The summed E-state index contributed by atoms with van der Waals surface area (Å²) in [5, 5.41) is 11.6. The fourth-order valence-electron chi connectivity index (χ4n) is 3.07. The first-order valence-corrected chi connectivity index (χ1v) is 10.8. The highest BCUT2D eigenvalue weighted by Gasteiger charge is 2.18. The van der Waals surface area contributed by atoms with Gasteiger partial charge in [-0.25, -0.2) is 13.8 Å². The number of hydrogen-bond donors (Lipinski definition) is 2. The summed E-state index contributed by atoms with van der Waals surface area (Å²) < 4.78 is 49.3. The largest absolute Gasteiger partial charge is 0.496 e. The number of aliphatic hydroxyl groups is 1. The van der Waals surface area contributed by atoms with Crippen LogP contribution in [0, 0.1) is 11.6 Å². The van der Waals surface area contributed by atoms with Gasteiger partial charge in [-0.3, -0.25) is 14.8 Å². The van der Waals surface area contributed by atoms with Crippen LogP contribution in [0.15, 0.2) is 48.9 Å². The van der Waals surface area contributed by atoms with Crippen molar-refractivity contribution >= 4 is 23.0 Å². The van der Waals surface area contributed by atoms with Gasteiger partial charge in [-0.05, 0) is 6.07 Å². The molecule has 3 aromatic heterocycles. The van der Waals surface area contributed by atoms with Crippen molar-refractivity contribution in [3.63, 3.8) is 0 Å². The number of aromatic nitrogens is 3. The zero-order chi connectivity index (χ0) is 26.8. The Balaban J connectivity index is 0.000000319. The van der Waals surface area contributed by atoms with Crippen LogP contribution in [0.1, 0.15) is 10.4 Å². The molecule has 1 aromatic carbocycles. The first-order valence-electron chi connectivity index (χ1n) is 10.8. The molecule has 0 amide bonds. The SMILES string of the molecule is CNc1cc(F)c(Oc2ccnc3cc(OC)c(OCCO)nc23)c(F)c1.COc1ccncc1C=O. The summed E-state index contributed by atoms with van der Waals surface area (Å²) in [6.07, 6.45) is 5.17. The van der Waals surface area contributed by atoms with Crippen LogP contribution in [0.4, 0.5) is 14.5 Å². The number of aliphatic hydroxyl groups excluding tert-OH is 1. The summed E-state index contributed by atoms with van der Waals surface area (Å²) >= 11 is 0. The van der Waals surface area contributed by atoms with Crippen molar-refractivity contribution in [2.45, 2.75) is 0 Å². The van der Waals surface area contributed by atoms with Crippen LogP contribution in [0.3, 0.4) is 0 Å². The van der Waals surface area contributed by atoms with E-state index in [4.69, 9.17) is 24.1 Å². The molecule has 12 heteroatoms. The van der Waals surface area contributed by atoms with E-state index in [0.717, 1.165) is 12.1 Å². The smallest absolute Gasteiger partial charge is 0.257 e. The Hall–Kier alpha value is -4.58. The van der Waals surface area contributed by atoms with E-state index < -0.39 is 17.4 Å². The first kappa shape index (κ1) is 27.0. The number of ether oxygens (including phenoxy) is 4. The summed E-state index contributed by atoms with van der Waals surface area (Å²) in [6.45, 7) is -0.215. The molecule has 10 nitrogen and oxygen atoms in total. The van der Waals surface area contributed by atoms with Crippen LogP contribution in [-0.2, 0) is 0 Å². The third-order valence-electron chi connectivity index (χ3n) is 4.81. The standard InChI is InChI=1S/C18H17F2N3O4.C7H7NO2/c1-21-10-7-11(19)17(12(20)8-10)27-14-3-4-22-13-9-15(25-2)18(23-16(13)14)26-6-5-24;1-10-7-2-3-8-4-6(7)5-9/h3-4,7-9,21,24H,5-6H2,1-2H3;2-5H,1H3. The molecule has 0 saturated carbocycles. The Morgan fingerprint density at radius 2 is 1.73 bits per heavy atom. The second-order valence-electron chi connectivity index (χ2n) is 7.10. The molecule has 194 valence electrons. The van der Waals surface area contributed by atoms with E-state index in [9.17, 15) is 13.6 Å². The van der Waals surface area contributed by atoms with Crippen LogP contribution in [0.25, 0.3) is 11.0 Å². The lowest BCUT2D eigenvalue weighted by molar-refractivity contribution is 0.112. The third-order valence-corrected chi connectivity index (χ3v) is 4.81. The number of benzene rings is 1. The van der Waals surface area contributed by atoms with Crippen LogP contribution in [0.2, 0.25) is 0 Å². The topological polar surface area (TPSA) is 125 Å². The fourth-order valence-corrected chi connectivity index (χ4v) is 3.07. The lowest BCUT2D eigenvalue weighted by Gasteiger charge is -2.13. The number of pyridine rings is 3. The molecule has 4 aromatic rings. The number of nitrogens with zero attached hydrogens (tertiary/aromatic N) is 3. The van der Waals surface area contributed by atoms with Crippen molar-refractivity contribution in [3.05, 3.63) is 66.1 Å². The molecule has 4 rings (SSSR count). The Morgan fingerprint density at radius 1 is 1.03 bits per heavy atom. The molecule has 0 unspecified atom stereocenters. The van der Waals surface area contributed by atoms with Crippen LogP contribution >= 0.6 is 0 Å². The number of carbonyl (C=O) groups is 1. The Kier molecular flexibility index (Phi) is 9.44. The van der Waals surface area contributed by atoms with E-state index in [2.05, 4.69) is 20.3 Å². The Morgan fingerprint density at radius 3 is 2.32 bits per heavy atom. The number of fused-ring (bicyclic) bond motifs is 1. The van der Waals surface area contributed by atoms with Gasteiger partial charge in [0.1, 0.15) is 17.9 Å². The van der Waals surface area contributed by atoms with Gasteiger partial charge in [0.2, 0.25) is 0 Å². The monoisotopic (exact) mass is 514 g/mol. The summed E-state index contributed by atoms with van der Waals surface area (Å²) in [5.41, 5.74) is 1.36. The molecule has 0 fully saturated rings. The van der Waals surface area contributed by atoms with E-state index in [1.165, 1.54) is 32.7 Å². The summed E-state index contributed by atoms with van der Waals surface area (Å²) in [4.78, 5) is 22.4. The molecule has 2 N–H and O–H groups in total. The van der Waals surface area contributed by atoms with Crippen LogP contribution < -0.4 is 24.3 Å². The van der Waals surface area contributed by atoms with Gasteiger partial charge in [0.25, 0.3) is 5.88 Å². The molecular weight excluding hydrogens is 490 g/mol. The minimum Gasteiger partial charge on any atom is -0.496 e. The molecule has 0 aliphatic rings. The summed E-state index contributed by atoms with van der Waals surface area (Å²) in [6, 6.07) is 6.87. The highest BCUT2D eigenvalue weighted by atomic mass is 19.1. The molecule has 37 heavy (non-hydrogen) atoms. The summed E-state index contributed by atoms with van der Waals surface area (Å²) in [5.74, 6) is -1.24. The molecule has 3 heterocycles. The van der Waals surface area contributed by atoms with Gasteiger partial charge in [0.15, 0.2) is 35.2 Å². The third kappa shape index (κ3) is 6.55. The van der Waals surface area contributed by atoms with Crippen molar-refractivity contribution < 1.29 is 37.6 Å². The molecule has 0 spiro atoms. The number of anilines is 1. The van der Waals surface area contributed by atoms with Crippen molar-refractivity contribution in [2.24, 2.45) is 0 Å². The molecular formula is C25H24F2N4O6. The number of halogens is 2. The lowest BCUT2D eigenvalue weighted by Crippen LogP contribution is -2.05. The van der Waals surface area contributed by atoms with E-state index in [1.807, 2.05) is 0 Å². The molecule has 0 atom stereocenters. The van der Waals surface area contributed by atoms with Crippen molar-refractivity contribution in [3.8, 4) is 28.9 Å². The predicted octanol–water partition coefficient (Wildman–Crippen LogP) is 4.02. The van der Waals surface area contributed by atoms with Crippen LogP contribution in [-0.4, -0.2) is 60.8 Å². The number of aldehydes is 1. The number of methoxy groups -OCH3 is 2. The maximum absolute atomic E-state index is 14.2. The van der Waals surface area contributed by atoms with Gasteiger partial charge >= 0.3 is 0 Å². The molecule has 0 radical (unpaired) electrons. The van der Waals surface area contributed by atoms with Gasteiger partial charge < -0.3 is 29.4 Å². The Labute approximate surface area is 210 Å².